The lowest BCUT2D eigenvalue weighted by Crippen LogP contribution is -2.30. The summed E-state index contributed by atoms with van der Waals surface area (Å²) in [5, 5.41) is 12.1. The SMILES string of the molecule is CC[C@@H](C)c1ccccc1NC(=O)[C@@H](C)OC(=O)/C(C#N)=C/c1ccc(OC)cc1. The lowest BCUT2D eigenvalue weighted by atomic mass is 9.97. The Bertz CT molecular complexity index is 958. The monoisotopic (exact) mass is 406 g/mol. The van der Waals surface area contributed by atoms with Gasteiger partial charge in [-0.1, -0.05) is 44.2 Å². The molecule has 0 unspecified atom stereocenters. The van der Waals surface area contributed by atoms with Gasteiger partial charge < -0.3 is 14.8 Å². The van der Waals surface area contributed by atoms with E-state index in [1.807, 2.05) is 30.3 Å². The van der Waals surface area contributed by atoms with Crippen molar-refractivity contribution in [2.75, 3.05) is 12.4 Å². The van der Waals surface area contributed by atoms with Gasteiger partial charge in [-0.05, 0) is 54.7 Å². The minimum atomic E-state index is -1.06. The van der Waals surface area contributed by atoms with Crippen molar-refractivity contribution in [1.29, 1.82) is 5.26 Å². The van der Waals surface area contributed by atoms with Crippen LogP contribution in [0.4, 0.5) is 5.69 Å². The van der Waals surface area contributed by atoms with Crippen molar-refractivity contribution < 1.29 is 19.1 Å². The van der Waals surface area contributed by atoms with Crippen LogP contribution in [0.2, 0.25) is 0 Å². The van der Waals surface area contributed by atoms with Crippen LogP contribution >= 0.6 is 0 Å². The number of amides is 1. The predicted molar refractivity (Wildman–Crippen MR) is 116 cm³/mol. The van der Waals surface area contributed by atoms with E-state index in [9.17, 15) is 14.9 Å². The third-order valence-corrected chi connectivity index (χ3v) is 4.78. The summed E-state index contributed by atoms with van der Waals surface area (Å²) in [6, 6.07) is 16.2. The van der Waals surface area contributed by atoms with E-state index in [0.717, 1.165) is 12.0 Å². The van der Waals surface area contributed by atoms with Crippen molar-refractivity contribution in [3.8, 4) is 11.8 Å². The van der Waals surface area contributed by atoms with Gasteiger partial charge in [0.2, 0.25) is 0 Å². The van der Waals surface area contributed by atoms with Crippen molar-refractivity contribution in [2.45, 2.75) is 39.2 Å². The lowest BCUT2D eigenvalue weighted by molar-refractivity contribution is -0.148. The van der Waals surface area contributed by atoms with Gasteiger partial charge in [0.05, 0.1) is 7.11 Å². The van der Waals surface area contributed by atoms with Gasteiger partial charge in [0, 0.05) is 5.69 Å². The number of hydrogen-bond donors (Lipinski definition) is 1. The number of anilines is 1. The van der Waals surface area contributed by atoms with Gasteiger partial charge in [0.25, 0.3) is 5.91 Å². The molecule has 1 N–H and O–H groups in total. The molecule has 2 aromatic rings. The van der Waals surface area contributed by atoms with Crippen LogP contribution in [0.5, 0.6) is 5.75 Å². The number of nitrogens with one attached hydrogen (secondary N) is 1. The number of nitrogens with zero attached hydrogens (tertiary/aromatic N) is 1. The Kier molecular flexibility index (Phi) is 8.18. The summed E-state index contributed by atoms with van der Waals surface area (Å²) in [5.41, 5.74) is 2.15. The van der Waals surface area contributed by atoms with Gasteiger partial charge >= 0.3 is 5.97 Å². The third-order valence-electron chi connectivity index (χ3n) is 4.78. The Morgan fingerprint density at radius 1 is 1.13 bits per heavy atom. The second-order valence-corrected chi connectivity index (χ2v) is 6.88. The van der Waals surface area contributed by atoms with Crippen LogP contribution in [0.1, 0.15) is 44.2 Å². The molecule has 6 heteroatoms. The molecular weight excluding hydrogens is 380 g/mol. The zero-order chi connectivity index (χ0) is 22.1. The fourth-order valence-corrected chi connectivity index (χ4v) is 2.78. The average molecular weight is 406 g/mol. The van der Waals surface area contributed by atoms with Crippen molar-refractivity contribution in [3.63, 3.8) is 0 Å². The first-order valence-electron chi connectivity index (χ1n) is 9.76. The van der Waals surface area contributed by atoms with E-state index in [0.29, 0.717) is 17.0 Å². The summed E-state index contributed by atoms with van der Waals surface area (Å²) >= 11 is 0. The van der Waals surface area contributed by atoms with E-state index in [2.05, 4.69) is 19.2 Å². The molecule has 6 nitrogen and oxygen atoms in total. The summed E-state index contributed by atoms with van der Waals surface area (Å²) in [7, 11) is 1.55. The molecule has 0 saturated heterocycles. The first kappa shape index (κ1) is 22.7. The minimum absolute atomic E-state index is 0.195. The predicted octanol–water partition coefficient (Wildman–Crippen LogP) is 4.69. The molecule has 0 bridgehead atoms. The van der Waals surface area contributed by atoms with Gasteiger partial charge in [0.1, 0.15) is 17.4 Å². The molecule has 2 aromatic carbocycles. The second kappa shape index (κ2) is 10.8. The molecule has 1 amide bonds. The third kappa shape index (κ3) is 5.95. The summed E-state index contributed by atoms with van der Waals surface area (Å²) in [5.74, 6) is -0.375. The molecule has 0 aromatic heterocycles. The van der Waals surface area contributed by atoms with E-state index < -0.39 is 18.0 Å². The molecule has 30 heavy (non-hydrogen) atoms. The van der Waals surface area contributed by atoms with Crippen LogP contribution in [-0.4, -0.2) is 25.1 Å². The van der Waals surface area contributed by atoms with E-state index in [1.165, 1.54) is 13.0 Å². The van der Waals surface area contributed by atoms with Crippen LogP contribution in [-0.2, 0) is 14.3 Å². The molecule has 0 radical (unpaired) electrons. The zero-order valence-corrected chi connectivity index (χ0v) is 17.6. The Morgan fingerprint density at radius 3 is 2.40 bits per heavy atom. The highest BCUT2D eigenvalue weighted by Crippen LogP contribution is 2.26. The molecule has 0 fully saturated rings. The molecule has 0 saturated carbocycles. The first-order valence-corrected chi connectivity index (χ1v) is 9.76. The molecule has 2 rings (SSSR count). The van der Waals surface area contributed by atoms with Crippen LogP contribution in [0.3, 0.4) is 0 Å². The quantitative estimate of drug-likeness (QED) is 0.390. The molecular formula is C24H26N2O4. The highest BCUT2D eigenvalue weighted by molar-refractivity contribution is 6.01. The topological polar surface area (TPSA) is 88.4 Å². The number of rotatable bonds is 8. The van der Waals surface area contributed by atoms with Crippen molar-refractivity contribution in [2.24, 2.45) is 0 Å². The zero-order valence-electron chi connectivity index (χ0n) is 17.6. The Hall–Kier alpha value is -3.59. The summed E-state index contributed by atoms with van der Waals surface area (Å²) < 4.78 is 10.3. The standard InChI is InChI=1S/C24H26N2O4/c1-5-16(2)21-8-6-7-9-22(21)26-23(27)17(3)30-24(28)19(15-25)14-18-10-12-20(29-4)13-11-18/h6-14,16-17H,5H2,1-4H3,(H,26,27)/b19-14+/t16-,17-/m1/s1. The minimum Gasteiger partial charge on any atom is -0.497 e. The van der Waals surface area contributed by atoms with Crippen molar-refractivity contribution in [3.05, 3.63) is 65.2 Å². The van der Waals surface area contributed by atoms with Gasteiger partial charge in [-0.2, -0.15) is 5.26 Å². The number of methoxy groups -OCH3 is 1. The maximum atomic E-state index is 12.5. The van der Waals surface area contributed by atoms with E-state index in [-0.39, 0.29) is 11.5 Å². The molecule has 0 spiro atoms. The molecule has 0 aliphatic rings. The van der Waals surface area contributed by atoms with Gasteiger partial charge in [-0.3, -0.25) is 4.79 Å². The van der Waals surface area contributed by atoms with Crippen LogP contribution in [0.15, 0.2) is 54.1 Å². The highest BCUT2D eigenvalue weighted by atomic mass is 16.5. The van der Waals surface area contributed by atoms with Gasteiger partial charge in [-0.15, -0.1) is 0 Å². The molecule has 0 heterocycles. The van der Waals surface area contributed by atoms with Crippen molar-refractivity contribution in [1.82, 2.24) is 0 Å². The lowest BCUT2D eigenvalue weighted by Gasteiger charge is -2.18. The number of hydrogen-bond acceptors (Lipinski definition) is 5. The number of esters is 1. The van der Waals surface area contributed by atoms with Crippen LogP contribution < -0.4 is 10.1 Å². The number of para-hydroxylation sites is 1. The Balaban J connectivity index is 2.07. The smallest absolute Gasteiger partial charge is 0.349 e. The number of benzene rings is 2. The number of ether oxygens (including phenoxy) is 2. The average Bonchev–Trinajstić information content (AvgIpc) is 2.77. The Labute approximate surface area is 177 Å². The fraction of sp³-hybridized carbons (Fsp3) is 0.292. The first-order chi connectivity index (χ1) is 14.4. The maximum Gasteiger partial charge on any atom is 0.349 e. The van der Waals surface area contributed by atoms with Crippen molar-refractivity contribution >= 4 is 23.6 Å². The summed E-state index contributed by atoms with van der Waals surface area (Å²) in [6.07, 6.45) is 1.28. The highest BCUT2D eigenvalue weighted by Gasteiger charge is 2.22. The second-order valence-electron chi connectivity index (χ2n) is 6.88. The van der Waals surface area contributed by atoms with Crippen LogP contribution in [0.25, 0.3) is 6.08 Å². The fourth-order valence-electron chi connectivity index (χ4n) is 2.78. The van der Waals surface area contributed by atoms with Crippen LogP contribution in [0, 0.1) is 11.3 Å². The van der Waals surface area contributed by atoms with Gasteiger partial charge in [0.15, 0.2) is 6.10 Å². The van der Waals surface area contributed by atoms with Gasteiger partial charge in [-0.25, -0.2) is 4.79 Å². The number of carbonyl (C=O) groups is 2. The maximum absolute atomic E-state index is 12.5. The number of carbonyl (C=O) groups excluding carboxylic acids is 2. The molecule has 0 aliphatic carbocycles. The van der Waals surface area contributed by atoms with E-state index in [1.54, 1.807) is 31.4 Å². The summed E-state index contributed by atoms with van der Waals surface area (Å²) in [4.78, 5) is 24.9. The summed E-state index contributed by atoms with van der Waals surface area (Å²) in [6.45, 7) is 5.63. The van der Waals surface area contributed by atoms with E-state index >= 15 is 0 Å². The normalized spacial score (nSPS) is 13.0. The largest absolute Gasteiger partial charge is 0.497 e. The van der Waals surface area contributed by atoms with E-state index in [4.69, 9.17) is 9.47 Å². The molecule has 2 atom stereocenters. The Morgan fingerprint density at radius 2 is 1.80 bits per heavy atom. The molecule has 0 aliphatic heterocycles. The number of nitriles is 1. The molecule has 156 valence electrons.